The summed E-state index contributed by atoms with van der Waals surface area (Å²) in [5.41, 5.74) is 1.05. The zero-order valence-corrected chi connectivity index (χ0v) is 13.4. The van der Waals surface area contributed by atoms with Gasteiger partial charge in [0.15, 0.2) is 0 Å². The first kappa shape index (κ1) is 13.9. The minimum Gasteiger partial charge on any atom is -0.543 e. The first-order valence-corrected chi connectivity index (χ1v) is 9.48. The average molecular weight is 274 g/mol. The Balaban J connectivity index is 2.26. The Labute approximate surface area is 116 Å². The van der Waals surface area contributed by atoms with Gasteiger partial charge in [0.05, 0.1) is 0 Å². The Morgan fingerprint density at radius 2 is 1.84 bits per heavy atom. The van der Waals surface area contributed by atoms with E-state index in [-0.39, 0.29) is 5.04 Å². The van der Waals surface area contributed by atoms with Crippen LogP contribution in [-0.2, 0) is 0 Å². The summed E-state index contributed by atoms with van der Waals surface area (Å²) in [7, 11) is -1.79. The molecule has 2 rings (SSSR count). The van der Waals surface area contributed by atoms with E-state index in [4.69, 9.17) is 9.16 Å². The van der Waals surface area contributed by atoms with E-state index in [1.54, 1.807) is 0 Å². The number of hydrogen-bond donors (Lipinski definition) is 0. The maximum absolute atomic E-state index is 6.29. The van der Waals surface area contributed by atoms with Crippen LogP contribution in [0.4, 0.5) is 0 Å². The molecule has 0 aromatic heterocycles. The lowest BCUT2D eigenvalue weighted by atomic mass is 10.1. The average Bonchev–Trinajstić information content (AvgIpc) is 2.27. The lowest BCUT2D eigenvalue weighted by molar-refractivity contribution is 0.440. The van der Waals surface area contributed by atoms with Gasteiger partial charge in [-0.3, -0.25) is 0 Å². The normalized spacial score (nSPS) is 14.9. The molecule has 0 saturated heterocycles. The number of fused-ring (bicyclic) bond motifs is 1. The van der Waals surface area contributed by atoms with Crippen LogP contribution in [0, 0.1) is 0 Å². The Hall–Kier alpha value is -1.48. The zero-order chi connectivity index (χ0) is 14.3. The summed E-state index contributed by atoms with van der Waals surface area (Å²) in [6.45, 7) is 15.0. The third-order valence-corrected chi connectivity index (χ3v) is 8.21. The molecule has 0 aliphatic carbocycles. The van der Waals surface area contributed by atoms with Gasteiger partial charge < -0.3 is 9.16 Å². The fraction of sp³-hybridized carbons (Fsp3) is 0.375. The molecule has 0 atom stereocenters. The van der Waals surface area contributed by atoms with Crippen molar-refractivity contribution in [2.75, 3.05) is 0 Å². The summed E-state index contributed by atoms with van der Waals surface area (Å²) < 4.78 is 11.8. The molecule has 1 heterocycles. The maximum atomic E-state index is 6.29. The molecule has 102 valence electrons. The Bertz CT molecular complexity index is 536. The summed E-state index contributed by atoms with van der Waals surface area (Å²) in [5.74, 6) is 2.44. The van der Waals surface area contributed by atoms with Crippen molar-refractivity contribution in [1.29, 1.82) is 0 Å². The first-order chi connectivity index (χ1) is 8.69. The fourth-order valence-corrected chi connectivity index (χ4v) is 2.64. The van der Waals surface area contributed by atoms with Gasteiger partial charge in [-0.2, -0.15) is 0 Å². The topological polar surface area (TPSA) is 18.5 Å². The SMILES string of the molecule is C=C1C=Cc2cc(O[Si](C)(C)C(C)(C)C)ccc2O1. The third kappa shape index (κ3) is 2.92. The fourth-order valence-electron chi connectivity index (χ4n) is 1.62. The van der Waals surface area contributed by atoms with E-state index in [2.05, 4.69) is 40.4 Å². The smallest absolute Gasteiger partial charge is 0.250 e. The molecule has 1 aromatic rings. The second-order valence-corrected chi connectivity index (χ2v) is 11.2. The van der Waals surface area contributed by atoms with Crippen LogP contribution < -0.4 is 9.16 Å². The number of allylic oxidation sites excluding steroid dienone is 1. The van der Waals surface area contributed by atoms with Crippen LogP contribution in [0.3, 0.4) is 0 Å². The zero-order valence-electron chi connectivity index (χ0n) is 12.4. The quantitative estimate of drug-likeness (QED) is 0.707. The Morgan fingerprint density at radius 3 is 2.47 bits per heavy atom. The molecule has 19 heavy (non-hydrogen) atoms. The van der Waals surface area contributed by atoms with Gasteiger partial charge >= 0.3 is 0 Å². The summed E-state index contributed by atoms with van der Waals surface area (Å²) in [6.07, 6.45) is 3.89. The van der Waals surface area contributed by atoms with Crippen LogP contribution in [0.2, 0.25) is 18.1 Å². The molecule has 3 heteroatoms. The van der Waals surface area contributed by atoms with Crippen LogP contribution >= 0.6 is 0 Å². The van der Waals surface area contributed by atoms with Crippen LogP contribution in [0.5, 0.6) is 11.5 Å². The predicted octanol–water partition coefficient (Wildman–Crippen LogP) is 4.99. The van der Waals surface area contributed by atoms with E-state index in [0.29, 0.717) is 5.76 Å². The molecule has 0 unspecified atom stereocenters. The third-order valence-electron chi connectivity index (χ3n) is 3.85. The molecule has 1 aromatic carbocycles. The van der Waals surface area contributed by atoms with E-state index >= 15 is 0 Å². The number of ether oxygens (including phenoxy) is 1. The van der Waals surface area contributed by atoms with Gasteiger partial charge in [0.25, 0.3) is 0 Å². The summed E-state index contributed by atoms with van der Waals surface area (Å²) in [6, 6.07) is 5.97. The molecule has 1 aliphatic rings. The summed E-state index contributed by atoms with van der Waals surface area (Å²) in [5, 5.41) is 0.198. The van der Waals surface area contributed by atoms with E-state index in [1.807, 2.05) is 30.4 Å². The van der Waals surface area contributed by atoms with Gasteiger partial charge in [-0.05, 0) is 48.5 Å². The second-order valence-electron chi connectivity index (χ2n) is 6.46. The molecule has 0 spiro atoms. The van der Waals surface area contributed by atoms with Gasteiger partial charge in [-0.15, -0.1) is 0 Å². The minimum absolute atomic E-state index is 0.198. The number of rotatable bonds is 2. The molecule has 0 amide bonds. The van der Waals surface area contributed by atoms with E-state index in [9.17, 15) is 0 Å². The van der Waals surface area contributed by atoms with Gasteiger partial charge in [0.1, 0.15) is 17.3 Å². The Morgan fingerprint density at radius 1 is 1.16 bits per heavy atom. The van der Waals surface area contributed by atoms with Gasteiger partial charge in [0.2, 0.25) is 8.32 Å². The Kier molecular flexibility index (Phi) is 3.35. The lowest BCUT2D eigenvalue weighted by Crippen LogP contribution is -2.43. The molecule has 0 saturated carbocycles. The van der Waals surface area contributed by atoms with Crippen molar-refractivity contribution in [2.24, 2.45) is 0 Å². The van der Waals surface area contributed by atoms with Gasteiger partial charge in [-0.1, -0.05) is 27.4 Å². The number of hydrogen-bond acceptors (Lipinski definition) is 2. The predicted molar refractivity (Wildman–Crippen MR) is 83.1 cm³/mol. The molecule has 0 N–H and O–H groups in total. The molecular weight excluding hydrogens is 252 g/mol. The van der Waals surface area contributed by atoms with Crippen molar-refractivity contribution in [3.63, 3.8) is 0 Å². The lowest BCUT2D eigenvalue weighted by Gasteiger charge is -2.36. The highest BCUT2D eigenvalue weighted by Gasteiger charge is 2.39. The van der Waals surface area contributed by atoms with E-state index in [0.717, 1.165) is 17.1 Å². The largest absolute Gasteiger partial charge is 0.543 e. The van der Waals surface area contributed by atoms with Crippen LogP contribution in [0.25, 0.3) is 6.08 Å². The molecule has 0 bridgehead atoms. The highest BCUT2D eigenvalue weighted by molar-refractivity contribution is 6.74. The molecular formula is C16H22O2Si. The molecule has 0 fully saturated rings. The molecule has 2 nitrogen and oxygen atoms in total. The van der Waals surface area contributed by atoms with Crippen molar-refractivity contribution in [3.8, 4) is 11.5 Å². The van der Waals surface area contributed by atoms with Gasteiger partial charge in [-0.25, -0.2) is 0 Å². The van der Waals surface area contributed by atoms with E-state index in [1.165, 1.54) is 0 Å². The van der Waals surface area contributed by atoms with Crippen molar-refractivity contribution in [2.45, 2.75) is 38.9 Å². The van der Waals surface area contributed by atoms with Crippen LogP contribution in [0.1, 0.15) is 26.3 Å². The highest BCUT2D eigenvalue weighted by Crippen LogP contribution is 2.38. The first-order valence-electron chi connectivity index (χ1n) is 6.57. The van der Waals surface area contributed by atoms with Crippen LogP contribution in [-0.4, -0.2) is 8.32 Å². The highest BCUT2D eigenvalue weighted by atomic mass is 28.4. The second kappa shape index (κ2) is 4.56. The van der Waals surface area contributed by atoms with Crippen molar-refractivity contribution in [1.82, 2.24) is 0 Å². The molecule has 1 aliphatic heterocycles. The maximum Gasteiger partial charge on any atom is 0.250 e. The molecule has 0 radical (unpaired) electrons. The van der Waals surface area contributed by atoms with Crippen molar-refractivity contribution >= 4 is 14.4 Å². The standard InChI is InChI=1S/C16H22O2Si/c1-12-7-8-13-11-14(9-10-15(13)17-12)18-19(5,6)16(2,3)4/h7-11H,1H2,2-6H3. The van der Waals surface area contributed by atoms with Gasteiger partial charge in [0, 0.05) is 5.56 Å². The van der Waals surface area contributed by atoms with Crippen molar-refractivity contribution in [3.05, 3.63) is 42.2 Å². The minimum atomic E-state index is -1.79. The van der Waals surface area contributed by atoms with E-state index < -0.39 is 8.32 Å². The summed E-state index contributed by atoms with van der Waals surface area (Å²) >= 11 is 0. The van der Waals surface area contributed by atoms with Crippen LogP contribution in [0.15, 0.2) is 36.6 Å². The summed E-state index contributed by atoms with van der Waals surface area (Å²) in [4.78, 5) is 0. The number of benzene rings is 1. The monoisotopic (exact) mass is 274 g/mol. The van der Waals surface area contributed by atoms with Crippen molar-refractivity contribution < 1.29 is 9.16 Å².